The van der Waals surface area contributed by atoms with Crippen molar-refractivity contribution in [3.8, 4) is 17.2 Å². The van der Waals surface area contributed by atoms with Crippen molar-refractivity contribution >= 4 is 17.6 Å². The van der Waals surface area contributed by atoms with Gasteiger partial charge >= 0.3 is 5.97 Å². The molecule has 23 heavy (non-hydrogen) atoms. The Morgan fingerprint density at radius 1 is 1.22 bits per heavy atom. The summed E-state index contributed by atoms with van der Waals surface area (Å²) in [6, 6.07) is 13.4. The molecule has 116 valence electrons. The van der Waals surface area contributed by atoms with Gasteiger partial charge in [0.25, 0.3) is 5.89 Å². The van der Waals surface area contributed by atoms with E-state index in [1.165, 1.54) is 6.39 Å². The second-order valence-electron chi connectivity index (χ2n) is 4.63. The van der Waals surface area contributed by atoms with Crippen molar-refractivity contribution in [3.05, 3.63) is 65.5 Å². The molecule has 0 aliphatic rings. The minimum absolute atomic E-state index is 0.194. The van der Waals surface area contributed by atoms with E-state index < -0.39 is 12.1 Å². The maximum atomic E-state index is 11.6. The van der Waals surface area contributed by atoms with Crippen molar-refractivity contribution in [2.75, 3.05) is 0 Å². The molecule has 0 bridgehead atoms. The predicted octanol–water partition coefficient (Wildman–Crippen LogP) is 3.59. The van der Waals surface area contributed by atoms with Gasteiger partial charge in [0.05, 0.1) is 5.56 Å². The van der Waals surface area contributed by atoms with Gasteiger partial charge in [0.2, 0.25) is 12.5 Å². The number of carboxylic acid groups (broad SMARTS) is 1. The molecule has 0 fully saturated rings. The van der Waals surface area contributed by atoms with Crippen molar-refractivity contribution in [1.82, 2.24) is 10.2 Å². The average molecular weight is 331 g/mol. The molecule has 6 nitrogen and oxygen atoms in total. The highest BCUT2D eigenvalue weighted by atomic mass is 35.5. The number of carboxylic acids is 1. The summed E-state index contributed by atoms with van der Waals surface area (Å²) < 4.78 is 10.8. The van der Waals surface area contributed by atoms with Crippen molar-refractivity contribution in [2.45, 2.75) is 6.10 Å². The fraction of sp³-hybridized carbons (Fsp3) is 0.0625. The van der Waals surface area contributed by atoms with Gasteiger partial charge in [0.1, 0.15) is 5.75 Å². The minimum Gasteiger partial charge on any atom is -0.478 e. The van der Waals surface area contributed by atoms with E-state index in [0.29, 0.717) is 16.1 Å². The summed E-state index contributed by atoms with van der Waals surface area (Å²) in [5.41, 5.74) is 0.948. The number of hydrogen-bond donors (Lipinski definition) is 1. The first-order valence-electron chi connectivity index (χ1n) is 6.65. The Labute approximate surface area is 136 Å². The van der Waals surface area contributed by atoms with Crippen LogP contribution in [0.1, 0.15) is 11.7 Å². The second kappa shape index (κ2) is 6.50. The molecule has 0 radical (unpaired) electrons. The molecule has 0 amide bonds. The maximum absolute atomic E-state index is 11.6. The summed E-state index contributed by atoms with van der Waals surface area (Å²) in [5.74, 6) is -0.628. The first-order chi connectivity index (χ1) is 11.1. The third-order valence-corrected chi connectivity index (χ3v) is 3.34. The highest BCUT2D eigenvalue weighted by Gasteiger charge is 2.24. The zero-order chi connectivity index (χ0) is 16.2. The summed E-state index contributed by atoms with van der Waals surface area (Å²) in [6.07, 6.45) is 0.00496. The van der Waals surface area contributed by atoms with E-state index in [0.717, 1.165) is 0 Å². The molecular weight excluding hydrogens is 320 g/mol. The van der Waals surface area contributed by atoms with Crippen LogP contribution in [0.5, 0.6) is 5.75 Å². The number of aliphatic carboxylic acids is 1. The third-order valence-electron chi connectivity index (χ3n) is 3.10. The highest BCUT2D eigenvalue weighted by molar-refractivity contribution is 6.30. The van der Waals surface area contributed by atoms with Crippen molar-refractivity contribution in [2.24, 2.45) is 0 Å². The Hall–Kier alpha value is -2.86. The van der Waals surface area contributed by atoms with Crippen LogP contribution in [-0.4, -0.2) is 21.3 Å². The number of benzene rings is 2. The van der Waals surface area contributed by atoms with Gasteiger partial charge in [-0.15, -0.1) is 10.2 Å². The van der Waals surface area contributed by atoms with Crippen LogP contribution in [0.2, 0.25) is 5.02 Å². The number of ether oxygens (including phenoxy) is 1. The summed E-state index contributed by atoms with van der Waals surface area (Å²) in [6.45, 7) is 0. The van der Waals surface area contributed by atoms with E-state index in [1.807, 2.05) is 0 Å². The quantitative estimate of drug-likeness (QED) is 0.769. The Morgan fingerprint density at radius 2 is 2.00 bits per heavy atom. The molecule has 1 aromatic heterocycles. The summed E-state index contributed by atoms with van der Waals surface area (Å²) >= 11 is 5.99. The van der Waals surface area contributed by atoms with Gasteiger partial charge in [0.15, 0.2) is 0 Å². The van der Waals surface area contributed by atoms with E-state index in [9.17, 15) is 9.90 Å². The Morgan fingerprint density at radius 3 is 2.65 bits per heavy atom. The van der Waals surface area contributed by atoms with Gasteiger partial charge in [-0.1, -0.05) is 41.9 Å². The van der Waals surface area contributed by atoms with E-state index in [2.05, 4.69) is 10.2 Å². The molecule has 1 heterocycles. The average Bonchev–Trinajstić information content (AvgIpc) is 3.08. The van der Waals surface area contributed by atoms with E-state index in [-0.39, 0.29) is 11.6 Å². The number of hydrogen-bond acceptors (Lipinski definition) is 5. The maximum Gasteiger partial charge on any atom is 0.349 e. The summed E-state index contributed by atoms with van der Waals surface area (Å²) in [5, 5.41) is 17.3. The molecule has 0 saturated heterocycles. The third kappa shape index (κ3) is 3.32. The number of halogens is 1. The summed E-state index contributed by atoms with van der Waals surface area (Å²) in [4.78, 5) is 11.6. The number of carbonyl (C=O) groups is 1. The van der Waals surface area contributed by atoms with Crippen LogP contribution in [0.25, 0.3) is 11.5 Å². The molecule has 3 aromatic rings. The Bertz CT molecular complexity index is 806. The van der Waals surface area contributed by atoms with Crippen LogP contribution in [-0.2, 0) is 4.79 Å². The van der Waals surface area contributed by atoms with Gasteiger partial charge in [-0.2, -0.15) is 0 Å². The lowest BCUT2D eigenvalue weighted by Gasteiger charge is -2.17. The minimum atomic E-state index is -1.17. The lowest BCUT2D eigenvalue weighted by Crippen LogP contribution is -2.18. The first kappa shape index (κ1) is 15.1. The lowest BCUT2D eigenvalue weighted by atomic mass is 10.1. The molecule has 0 saturated carbocycles. The molecule has 3 rings (SSSR count). The zero-order valence-electron chi connectivity index (χ0n) is 11.7. The van der Waals surface area contributed by atoms with Crippen LogP contribution in [0.3, 0.4) is 0 Å². The zero-order valence-corrected chi connectivity index (χ0v) is 12.5. The van der Waals surface area contributed by atoms with Crippen LogP contribution >= 0.6 is 11.6 Å². The Balaban J connectivity index is 2.00. The molecule has 0 aliphatic heterocycles. The van der Waals surface area contributed by atoms with Crippen LogP contribution in [0.4, 0.5) is 0 Å². The number of nitrogens with zero attached hydrogens (tertiary/aromatic N) is 2. The number of rotatable bonds is 5. The molecule has 7 heteroatoms. The molecular formula is C16H11ClN2O4. The van der Waals surface area contributed by atoms with Gasteiger partial charge in [-0.05, 0) is 18.2 Å². The molecule has 0 spiro atoms. The highest BCUT2D eigenvalue weighted by Crippen LogP contribution is 2.34. The fourth-order valence-electron chi connectivity index (χ4n) is 2.08. The molecule has 2 aromatic carbocycles. The Kier molecular flexibility index (Phi) is 4.25. The largest absolute Gasteiger partial charge is 0.478 e. The normalized spacial score (nSPS) is 11.9. The lowest BCUT2D eigenvalue weighted by molar-refractivity contribution is -0.145. The van der Waals surface area contributed by atoms with Gasteiger partial charge in [0, 0.05) is 10.6 Å². The van der Waals surface area contributed by atoms with Crippen molar-refractivity contribution in [3.63, 3.8) is 0 Å². The smallest absolute Gasteiger partial charge is 0.349 e. The van der Waals surface area contributed by atoms with E-state index >= 15 is 0 Å². The summed E-state index contributed by atoms with van der Waals surface area (Å²) in [7, 11) is 0. The molecule has 1 N–H and O–H groups in total. The monoisotopic (exact) mass is 330 g/mol. The topological polar surface area (TPSA) is 85.5 Å². The predicted molar refractivity (Wildman–Crippen MR) is 82.2 cm³/mol. The van der Waals surface area contributed by atoms with E-state index in [1.54, 1.807) is 48.5 Å². The van der Waals surface area contributed by atoms with Crippen LogP contribution in [0.15, 0.2) is 59.3 Å². The first-order valence-corrected chi connectivity index (χ1v) is 7.03. The van der Waals surface area contributed by atoms with Crippen molar-refractivity contribution in [1.29, 1.82) is 0 Å². The second-order valence-corrected chi connectivity index (χ2v) is 5.07. The van der Waals surface area contributed by atoms with Crippen LogP contribution < -0.4 is 4.74 Å². The van der Waals surface area contributed by atoms with Crippen molar-refractivity contribution < 1.29 is 19.1 Å². The van der Waals surface area contributed by atoms with E-state index in [4.69, 9.17) is 20.8 Å². The standard InChI is InChI=1S/C16H11ClN2O4/c17-11-6-7-13(12(8-11)15-19-18-9-22-15)23-14(16(20)21)10-4-2-1-3-5-10/h1-9,14H,(H,20,21). The van der Waals surface area contributed by atoms with Gasteiger partial charge in [-0.3, -0.25) is 0 Å². The van der Waals surface area contributed by atoms with Crippen LogP contribution in [0, 0.1) is 0 Å². The molecule has 1 unspecified atom stereocenters. The van der Waals surface area contributed by atoms with Gasteiger partial charge < -0.3 is 14.3 Å². The fourth-order valence-corrected chi connectivity index (χ4v) is 2.25. The molecule has 0 aliphatic carbocycles. The SMILES string of the molecule is O=C(O)C(Oc1ccc(Cl)cc1-c1nnco1)c1ccccc1. The molecule has 1 atom stereocenters. The van der Waals surface area contributed by atoms with Gasteiger partial charge in [-0.25, -0.2) is 4.79 Å². The number of aromatic nitrogens is 2.